The van der Waals surface area contributed by atoms with E-state index in [4.69, 9.17) is 9.72 Å². The second-order valence-electron chi connectivity index (χ2n) is 8.96. The zero-order valence-corrected chi connectivity index (χ0v) is 17.7. The average Bonchev–Trinajstić information content (AvgIpc) is 3.26. The van der Waals surface area contributed by atoms with Gasteiger partial charge in [0.25, 0.3) is 0 Å². The highest BCUT2D eigenvalue weighted by atomic mass is 19.1. The minimum atomic E-state index is -0.505. The van der Waals surface area contributed by atoms with Crippen molar-refractivity contribution in [2.75, 3.05) is 6.54 Å². The molecular formula is C24H27FN2O3. The quantitative estimate of drug-likeness (QED) is 0.692. The van der Waals surface area contributed by atoms with Gasteiger partial charge in [0, 0.05) is 25.1 Å². The number of likely N-dealkylation sites (tertiary alicyclic amines) is 1. The van der Waals surface area contributed by atoms with Crippen molar-refractivity contribution in [1.29, 1.82) is 0 Å². The maximum Gasteiger partial charge on any atom is 0.310 e. The molecule has 2 atom stereocenters. The normalized spacial score (nSPS) is 22.9. The first kappa shape index (κ1) is 20.5. The topological polar surface area (TPSA) is 59.5 Å². The molecule has 1 aromatic heterocycles. The second kappa shape index (κ2) is 7.82. The van der Waals surface area contributed by atoms with E-state index in [1.54, 1.807) is 12.1 Å². The largest absolute Gasteiger partial charge is 0.459 e. The predicted molar refractivity (Wildman–Crippen MR) is 111 cm³/mol. The molecule has 0 unspecified atom stereocenters. The Balaban J connectivity index is 1.55. The van der Waals surface area contributed by atoms with Gasteiger partial charge in [-0.1, -0.05) is 12.1 Å². The molecule has 0 aliphatic carbocycles. The number of esters is 1. The summed E-state index contributed by atoms with van der Waals surface area (Å²) in [6.45, 7) is 6.34. The number of carbonyl (C=O) groups is 2. The number of benzene rings is 1. The van der Waals surface area contributed by atoms with Gasteiger partial charge in [-0.3, -0.25) is 14.6 Å². The molecule has 2 aliphatic rings. The van der Waals surface area contributed by atoms with Gasteiger partial charge in [0.05, 0.1) is 17.7 Å². The molecule has 1 aromatic carbocycles. The van der Waals surface area contributed by atoms with Crippen LogP contribution in [-0.4, -0.2) is 33.9 Å². The third-order valence-electron chi connectivity index (χ3n) is 5.93. The lowest BCUT2D eigenvalue weighted by molar-refractivity contribution is -0.150. The summed E-state index contributed by atoms with van der Waals surface area (Å²) in [4.78, 5) is 31.8. The van der Waals surface area contributed by atoms with Crippen LogP contribution in [0.3, 0.4) is 0 Å². The van der Waals surface area contributed by atoms with E-state index in [0.29, 0.717) is 13.0 Å². The number of nitrogens with zero attached hydrogens (tertiary/aromatic N) is 2. The lowest BCUT2D eigenvalue weighted by Gasteiger charge is -2.26. The van der Waals surface area contributed by atoms with Crippen molar-refractivity contribution in [2.24, 2.45) is 5.92 Å². The highest BCUT2D eigenvalue weighted by molar-refractivity contribution is 5.84. The zero-order chi connectivity index (χ0) is 21.5. The van der Waals surface area contributed by atoms with Gasteiger partial charge in [-0.25, -0.2) is 4.39 Å². The summed E-state index contributed by atoms with van der Waals surface area (Å²) < 4.78 is 18.7. The fourth-order valence-electron chi connectivity index (χ4n) is 4.60. The number of ether oxygens (including phenoxy) is 1. The van der Waals surface area contributed by atoms with Crippen molar-refractivity contribution in [3.8, 4) is 11.1 Å². The Morgan fingerprint density at radius 2 is 1.97 bits per heavy atom. The molecule has 3 heterocycles. The van der Waals surface area contributed by atoms with Crippen LogP contribution in [0.1, 0.15) is 57.0 Å². The molecule has 5 nitrogen and oxygen atoms in total. The second-order valence-corrected chi connectivity index (χ2v) is 8.96. The van der Waals surface area contributed by atoms with Crippen LogP contribution < -0.4 is 0 Å². The van der Waals surface area contributed by atoms with E-state index in [1.807, 2.05) is 37.8 Å². The average molecular weight is 410 g/mol. The highest BCUT2D eigenvalue weighted by Crippen LogP contribution is 2.37. The molecule has 0 saturated carbocycles. The fourth-order valence-corrected chi connectivity index (χ4v) is 4.60. The summed E-state index contributed by atoms with van der Waals surface area (Å²) in [6, 6.07) is 10.2. The van der Waals surface area contributed by atoms with Gasteiger partial charge in [0.2, 0.25) is 5.91 Å². The number of hydrogen-bond acceptors (Lipinski definition) is 4. The summed E-state index contributed by atoms with van der Waals surface area (Å²) in [5.41, 5.74) is 3.06. The van der Waals surface area contributed by atoms with E-state index < -0.39 is 5.60 Å². The van der Waals surface area contributed by atoms with Crippen molar-refractivity contribution >= 4 is 11.9 Å². The number of rotatable bonds is 4. The lowest BCUT2D eigenvalue weighted by atomic mass is 9.94. The maximum atomic E-state index is 13.3. The SMILES string of the molecule is Cc1cc(-c2ccc(F)cc2)cc([C@@H]2CCCN2C(=O)C[C@@H]2CC(C)(C)OC2=O)n1. The van der Waals surface area contributed by atoms with Crippen LogP contribution in [-0.2, 0) is 14.3 Å². The molecular weight excluding hydrogens is 383 g/mol. The standard InChI is InChI=1S/C24H27FN2O3/c1-15-11-17(16-6-8-19(25)9-7-16)12-20(26-15)21-5-4-10-27(21)22(28)13-18-14-24(2,3)30-23(18)29/h6-9,11-12,18,21H,4-5,10,13-14H2,1-3H3/t18-,21+/m1/s1. The number of cyclic esters (lactones) is 1. The number of hydrogen-bond donors (Lipinski definition) is 0. The zero-order valence-electron chi connectivity index (χ0n) is 17.7. The summed E-state index contributed by atoms with van der Waals surface area (Å²) >= 11 is 0. The Morgan fingerprint density at radius 1 is 1.23 bits per heavy atom. The Kier molecular flexibility index (Phi) is 5.35. The highest BCUT2D eigenvalue weighted by Gasteiger charge is 2.42. The van der Waals surface area contributed by atoms with Gasteiger partial charge in [-0.05, 0) is 69.0 Å². The summed E-state index contributed by atoms with van der Waals surface area (Å²) in [5, 5.41) is 0. The third kappa shape index (κ3) is 4.23. The van der Waals surface area contributed by atoms with E-state index in [2.05, 4.69) is 0 Å². The van der Waals surface area contributed by atoms with Gasteiger partial charge >= 0.3 is 5.97 Å². The van der Waals surface area contributed by atoms with E-state index in [9.17, 15) is 14.0 Å². The predicted octanol–water partition coefficient (Wildman–Crippen LogP) is 4.59. The van der Waals surface area contributed by atoms with Crippen LogP contribution in [0.5, 0.6) is 0 Å². The van der Waals surface area contributed by atoms with Crippen molar-refractivity contribution in [1.82, 2.24) is 9.88 Å². The van der Waals surface area contributed by atoms with E-state index in [1.165, 1.54) is 12.1 Å². The molecule has 30 heavy (non-hydrogen) atoms. The maximum absolute atomic E-state index is 13.3. The van der Waals surface area contributed by atoms with Crippen LogP contribution in [0.2, 0.25) is 0 Å². The van der Waals surface area contributed by atoms with Crippen LogP contribution in [0, 0.1) is 18.7 Å². The van der Waals surface area contributed by atoms with Crippen LogP contribution in [0.15, 0.2) is 36.4 Å². The summed E-state index contributed by atoms with van der Waals surface area (Å²) in [7, 11) is 0. The fraction of sp³-hybridized carbons (Fsp3) is 0.458. The molecule has 2 saturated heterocycles. The number of aryl methyl sites for hydroxylation is 1. The first-order valence-electron chi connectivity index (χ1n) is 10.5. The molecule has 2 fully saturated rings. The Morgan fingerprint density at radius 3 is 2.63 bits per heavy atom. The number of carbonyl (C=O) groups excluding carboxylic acids is 2. The van der Waals surface area contributed by atoms with Crippen molar-refractivity contribution < 1.29 is 18.7 Å². The van der Waals surface area contributed by atoms with Crippen LogP contribution in [0.4, 0.5) is 4.39 Å². The van der Waals surface area contributed by atoms with Gasteiger partial charge in [0.15, 0.2) is 0 Å². The summed E-state index contributed by atoms with van der Waals surface area (Å²) in [5.74, 6) is -0.958. The van der Waals surface area contributed by atoms with Crippen molar-refractivity contribution in [3.05, 3.63) is 53.6 Å². The van der Waals surface area contributed by atoms with Crippen molar-refractivity contribution in [3.63, 3.8) is 0 Å². The molecule has 4 rings (SSSR count). The third-order valence-corrected chi connectivity index (χ3v) is 5.93. The van der Waals surface area contributed by atoms with Gasteiger partial charge in [-0.15, -0.1) is 0 Å². The van der Waals surface area contributed by atoms with Crippen molar-refractivity contribution in [2.45, 2.75) is 58.1 Å². The smallest absolute Gasteiger partial charge is 0.310 e. The van der Waals surface area contributed by atoms with Crippen LogP contribution >= 0.6 is 0 Å². The molecule has 2 aliphatic heterocycles. The van der Waals surface area contributed by atoms with E-state index in [-0.39, 0.29) is 36.1 Å². The van der Waals surface area contributed by atoms with Gasteiger partial charge in [0.1, 0.15) is 11.4 Å². The molecule has 0 N–H and O–H groups in total. The first-order valence-corrected chi connectivity index (χ1v) is 10.5. The minimum absolute atomic E-state index is 0.0243. The van der Waals surface area contributed by atoms with Crippen LogP contribution in [0.25, 0.3) is 11.1 Å². The number of halogens is 1. The molecule has 0 bridgehead atoms. The van der Waals surface area contributed by atoms with E-state index >= 15 is 0 Å². The minimum Gasteiger partial charge on any atom is -0.459 e. The molecule has 158 valence electrons. The monoisotopic (exact) mass is 410 g/mol. The van der Waals surface area contributed by atoms with Gasteiger partial charge in [-0.2, -0.15) is 0 Å². The number of amides is 1. The Hall–Kier alpha value is -2.76. The number of pyridine rings is 1. The first-order chi connectivity index (χ1) is 14.2. The van der Waals surface area contributed by atoms with Gasteiger partial charge < -0.3 is 9.64 Å². The summed E-state index contributed by atoms with van der Waals surface area (Å²) in [6.07, 6.45) is 2.48. The Bertz CT molecular complexity index is 971. The molecule has 6 heteroatoms. The Labute approximate surface area is 176 Å². The molecule has 0 spiro atoms. The number of aromatic nitrogens is 1. The molecule has 2 aromatic rings. The van der Waals surface area contributed by atoms with E-state index in [0.717, 1.165) is 35.4 Å². The molecule has 1 amide bonds. The lowest BCUT2D eigenvalue weighted by Crippen LogP contribution is -2.33. The molecule has 0 radical (unpaired) electrons.